The predicted octanol–water partition coefficient (Wildman–Crippen LogP) is 13.8. The van der Waals surface area contributed by atoms with E-state index in [1.165, 1.54) is 57.0 Å². The summed E-state index contributed by atoms with van der Waals surface area (Å²) in [6.45, 7) is 12.9. The number of hydrogen-bond acceptors (Lipinski definition) is 20. The molecular weight excluding hydrogens is 1340 g/mol. The van der Waals surface area contributed by atoms with Crippen LogP contribution in [0.2, 0.25) is 0 Å². The first kappa shape index (κ1) is 66.9. The lowest BCUT2D eigenvalue weighted by atomic mass is 9.89. The lowest BCUT2D eigenvalue weighted by molar-refractivity contribution is 0.370. The Morgan fingerprint density at radius 3 is 1.63 bits per heavy atom. The largest absolute Gasteiger partial charge is 0.499 e. The average molecular weight is 1400 g/mol. The van der Waals surface area contributed by atoms with Crippen molar-refractivity contribution in [1.82, 2.24) is 35.9 Å². The first-order chi connectivity index (χ1) is 44.0. The molecule has 3 aromatic carbocycles. The third-order valence-electron chi connectivity index (χ3n) is 14.4. The Morgan fingerprint density at radius 2 is 1.07 bits per heavy atom. The van der Waals surface area contributed by atoms with E-state index in [4.69, 9.17) is 23.3 Å². The molecule has 2 saturated heterocycles. The van der Waals surface area contributed by atoms with Crippen LogP contribution >= 0.6 is 73.7 Å². The maximum atomic E-state index is 13.2. The number of aromatic nitrogens is 4. The standard InChI is InChI=1S/C22H21N3O2S.C16H8FNO2S.C9H4BrFO2.C7H6BNO2S.C7H5NS.C6H14N2.ClH/c1-13-11-25(12-14(2)24-13)16-6-5-15-8-17(22(26)27-19(15)9-16)21-10-18-20(28-21)4-3-7-23-18;17-11-2-1-9-5-12(16(19)20-13(9)7-11)15-6-10-8-18-4-3-14(10)21-15;10-7-3-5-1-2-6(11)4-8(5)13-9(7)12;10-8(11)7-3-5-4-9-2-1-6(5)12-7;1-3-8-5-6-2-4-9-7(1)6;1-5-3-7-4-6(2)8-5;/h3-10,13-14,24H,11-12H2,1-2H3;1-8H;1-4H;1-4,10-11H;1-5H;5-8H,3-4H2,1-2H3;1H/t13-,14+;;;;;5-,6+;. The van der Waals surface area contributed by atoms with Crippen LogP contribution in [0.1, 0.15) is 27.7 Å². The highest BCUT2D eigenvalue weighted by atomic mass is 79.9. The zero-order valence-corrected chi connectivity index (χ0v) is 55.4. The first-order valence-electron chi connectivity index (χ1n) is 28.8. The molecule has 4 atom stereocenters. The summed E-state index contributed by atoms with van der Waals surface area (Å²) in [4.78, 5) is 56.2. The monoisotopic (exact) mass is 1390 g/mol. The number of hydrogen-bond donors (Lipinski definition) is 5. The van der Waals surface area contributed by atoms with Crippen LogP contribution in [0.15, 0.2) is 208 Å². The zero-order valence-electron chi connectivity index (χ0n) is 49.7. The van der Waals surface area contributed by atoms with Gasteiger partial charge in [0.1, 0.15) is 32.9 Å². The molecule has 14 aromatic rings. The Bertz CT molecular complexity index is 4900. The van der Waals surface area contributed by atoms with E-state index >= 15 is 0 Å². The number of thiophene rings is 4. The summed E-state index contributed by atoms with van der Waals surface area (Å²) in [5, 5.41) is 35.6. The molecular formula is C67H59BBrClF2N8O8S4. The Hall–Kier alpha value is -7.98. The van der Waals surface area contributed by atoms with Crippen molar-refractivity contribution in [1.29, 1.82) is 0 Å². The van der Waals surface area contributed by atoms with E-state index in [2.05, 4.69) is 102 Å². The van der Waals surface area contributed by atoms with Gasteiger partial charge in [0, 0.05) is 179 Å². The van der Waals surface area contributed by atoms with Gasteiger partial charge in [0.25, 0.3) is 0 Å². The Balaban J connectivity index is 0.000000128. The van der Waals surface area contributed by atoms with Crippen LogP contribution in [0, 0.1) is 11.6 Å². The van der Waals surface area contributed by atoms with E-state index in [1.54, 1.807) is 84.0 Å². The van der Waals surface area contributed by atoms with Crippen molar-refractivity contribution in [2.45, 2.75) is 51.9 Å². The number of benzene rings is 3. The fourth-order valence-electron chi connectivity index (χ4n) is 10.3. The molecule has 2 fully saturated rings. The second kappa shape index (κ2) is 30.6. The van der Waals surface area contributed by atoms with Gasteiger partial charge in [0.2, 0.25) is 0 Å². The van der Waals surface area contributed by atoms with Gasteiger partial charge in [-0.05, 0) is 158 Å². The molecule has 13 heterocycles. The Kier molecular flexibility index (Phi) is 22.3. The third-order valence-corrected chi connectivity index (χ3v) is 19.3. The molecule has 25 heteroatoms. The van der Waals surface area contributed by atoms with Gasteiger partial charge < -0.3 is 44.1 Å². The number of pyridine rings is 4. The lowest BCUT2D eigenvalue weighted by Crippen LogP contribution is -2.54. The van der Waals surface area contributed by atoms with Crippen LogP contribution < -0.4 is 42.5 Å². The van der Waals surface area contributed by atoms with Gasteiger partial charge in [0.05, 0.1) is 21.3 Å². The molecule has 11 aromatic heterocycles. The summed E-state index contributed by atoms with van der Waals surface area (Å²) in [5.41, 5.74) is 2.94. The van der Waals surface area contributed by atoms with Crippen LogP contribution in [0.4, 0.5) is 14.5 Å². The topological polar surface area (TPSA) is 222 Å². The van der Waals surface area contributed by atoms with E-state index in [0.717, 1.165) is 77.4 Å². The number of fused-ring (bicyclic) bond motifs is 7. The van der Waals surface area contributed by atoms with Crippen molar-refractivity contribution in [3.8, 4) is 20.9 Å². The molecule has 470 valence electrons. The minimum Gasteiger partial charge on any atom is -0.423 e. The maximum absolute atomic E-state index is 13.2. The highest BCUT2D eigenvalue weighted by Gasteiger charge is 2.22. The highest BCUT2D eigenvalue weighted by Crippen LogP contribution is 2.35. The van der Waals surface area contributed by atoms with Crippen molar-refractivity contribution < 1.29 is 32.1 Å². The summed E-state index contributed by atoms with van der Waals surface area (Å²) >= 11 is 9.21. The maximum Gasteiger partial charge on any atom is 0.499 e. The molecule has 0 aliphatic carbocycles. The number of nitrogens with one attached hydrogen (secondary N) is 3. The van der Waals surface area contributed by atoms with E-state index < -0.39 is 30.0 Å². The van der Waals surface area contributed by atoms with Crippen LogP contribution in [0.25, 0.3) is 94.3 Å². The molecule has 0 radical (unpaired) electrons. The summed E-state index contributed by atoms with van der Waals surface area (Å²) in [6, 6.07) is 39.2. The van der Waals surface area contributed by atoms with Crippen molar-refractivity contribution in [2.75, 3.05) is 31.1 Å². The molecule has 0 unspecified atom stereocenters. The van der Waals surface area contributed by atoms with Gasteiger partial charge in [-0.2, -0.15) is 0 Å². The van der Waals surface area contributed by atoms with Gasteiger partial charge in [-0.25, -0.2) is 23.2 Å². The smallest absolute Gasteiger partial charge is 0.423 e. The van der Waals surface area contributed by atoms with Gasteiger partial charge in [-0.15, -0.1) is 57.8 Å². The van der Waals surface area contributed by atoms with Crippen LogP contribution in [0.5, 0.6) is 0 Å². The summed E-state index contributed by atoms with van der Waals surface area (Å²) in [7, 11) is -1.37. The molecule has 0 saturated carbocycles. The zero-order chi connectivity index (χ0) is 63.7. The number of nitrogens with zero attached hydrogens (tertiary/aromatic N) is 5. The van der Waals surface area contributed by atoms with E-state index in [-0.39, 0.29) is 29.2 Å². The second-order valence-electron chi connectivity index (χ2n) is 21.7. The van der Waals surface area contributed by atoms with Crippen molar-refractivity contribution in [3.63, 3.8) is 0 Å². The molecule has 2 aliphatic rings. The van der Waals surface area contributed by atoms with Gasteiger partial charge >= 0.3 is 24.0 Å². The van der Waals surface area contributed by atoms with Crippen molar-refractivity contribution in [3.05, 3.63) is 224 Å². The van der Waals surface area contributed by atoms with Crippen LogP contribution in [-0.2, 0) is 0 Å². The fourth-order valence-corrected chi connectivity index (χ4v) is 14.3. The summed E-state index contributed by atoms with van der Waals surface area (Å²) < 4.78 is 47.0. The highest BCUT2D eigenvalue weighted by molar-refractivity contribution is 9.10. The van der Waals surface area contributed by atoms with Gasteiger partial charge in [0.15, 0.2) is 0 Å². The van der Waals surface area contributed by atoms with E-state index in [9.17, 15) is 23.2 Å². The fraction of sp³-hybridized carbons (Fsp3) is 0.179. The molecule has 16 rings (SSSR count). The third kappa shape index (κ3) is 16.8. The molecule has 2 aliphatic heterocycles. The molecule has 0 spiro atoms. The number of rotatable bonds is 4. The SMILES string of the molecule is C[C@@H]1CN(c2ccc3cc(-c4cc5ncccc5s4)c(=O)oc3c2)C[C@H](C)N1.C[C@@H]1CNC[C@H](C)N1.Cl.O=c1oc2cc(F)ccc2cc1-c1cc2cnccc2s1.O=c1oc2cc(F)ccc2cc1Br.OB(O)c1cc2cnccc2s1.c1cc2sccc2cn1. The Morgan fingerprint density at radius 1 is 0.543 bits per heavy atom. The van der Waals surface area contributed by atoms with Crippen LogP contribution in [-0.4, -0.2) is 87.4 Å². The number of halogens is 4. The normalized spacial score (nSPS) is 16.0. The van der Waals surface area contributed by atoms with Crippen molar-refractivity contribution in [2.24, 2.45) is 0 Å². The van der Waals surface area contributed by atoms with E-state index in [1.807, 2.05) is 73.1 Å². The molecule has 16 nitrogen and oxygen atoms in total. The predicted molar refractivity (Wildman–Crippen MR) is 378 cm³/mol. The number of anilines is 1. The molecule has 5 N–H and O–H groups in total. The second-order valence-corrected chi connectivity index (χ2v) is 26.7. The van der Waals surface area contributed by atoms with Crippen molar-refractivity contribution >= 4 is 165 Å². The minimum absolute atomic E-state index is 0. The quantitative estimate of drug-likeness (QED) is 0.0816. The first-order valence-corrected chi connectivity index (χ1v) is 32.9. The molecule has 92 heavy (non-hydrogen) atoms. The van der Waals surface area contributed by atoms with Crippen LogP contribution in [0.3, 0.4) is 0 Å². The minimum atomic E-state index is -1.37. The van der Waals surface area contributed by atoms with Gasteiger partial charge in [-0.1, -0.05) is 0 Å². The lowest BCUT2D eigenvalue weighted by Gasteiger charge is -2.37. The number of piperazine rings is 2. The average Bonchev–Trinajstić information content (AvgIpc) is 1.42. The summed E-state index contributed by atoms with van der Waals surface area (Å²) in [5.74, 6) is -0.843. The summed E-state index contributed by atoms with van der Waals surface area (Å²) in [6.07, 6.45) is 12.3. The Labute approximate surface area is 556 Å². The molecule has 0 amide bonds. The van der Waals surface area contributed by atoms with E-state index in [0.29, 0.717) is 60.9 Å². The van der Waals surface area contributed by atoms with Gasteiger partial charge in [-0.3, -0.25) is 19.9 Å². The molecule has 0 bridgehead atoms.